The third-order valence-corrected chi connectivity index (χ3v) is 20.6. The first-order valence-corrected chi connectivity index (χ1v) is 43.7. The van der Waals surface area contributed by atoms with Crippen molar-refractivity contribution in [2.24, 2.45) is 23.7 Å². The summed E-state index contributed by atoms with van der Waals surface area (Å²) in [6, 6.07) is 0. The normalized spacial score (nSPS) is 14.3. The summed E-state index contributed by atoms with van der Waals surface area (Å²) < 4.78 is 68.6. The number of phosphoric acid groups is 2. The van der Waals surface area contributed by atoms with Crippen molar-refractivity contribution in [1.29, 1.82) is 0 Å². The fourth-order valence-corrected chi connectivity index (χ4v) is 13.6. The van der Waals surface area contributed by atoms with E-state index in [9.17, 15) is 43.2 Å². The predicted octanol–water partition coefficient (Wildman–Crippen LogP) is 23.2. The molecule has 98 heavy (non-hydrogen) atoms. The average Bonchev–Trinajstić information content (AvgIpc) is 0.990. The Hall–Kier alpha value is -1.94. The highest BCUT2D eigenvalue weighted by atomic mass is 31.2. The van der Waals surface area contributed by atoms with Crippen LogP contribution in [-0.2, 0) is 65.4 Å². The van der Waals surface area contributed by atoms with E-state index in [1.54, 1.807) is 0 Å². The first kappa shape index (κ1) is 96.1. The molecular weight excluding hydrogens is 1280 g/mol. The maximum atomic E-state index is 13.1. The van der Waals surface area contributed by atoms with Gasteiger partial charge in [0, 0.05) is 25.7 Å². The molecule has 0 saturated carbocycles. The van der Waals surface area contributed by atoms with E-state index in [0.717, 1.165) is 114 Å². The molecule has 0 fully saturated rings. The maximum Gasteiger partial charge on any atom is 0.472 e. The predicted molar refractivity (Wildman–Crippen MR) is 400 cm³/mol. The van der Waals surface area contributed by atoms with Crippen molar-refractivity contribution in [3.8, 4) is 0 Å². The van der Waals surface area contributed by atoms with Crippen LogP contribution in [0.25, 0.3) is 0 Å². The van der Waals surface area contributed by atoms with Crippen LogP contribution in [-0.4, -0.2) is 96.7 Å². The van der Waals surface area contributed by atoms with Crippen molar-refractivity contribution < 1.29 is 80.2 Å². The van der Waals surface area contributed by atoms with Crippen LogP contribution >= 0.6 is 15.6 Å². The molecule has 582 valence electrons. The van der Waals surface area contributed by atoms with Gasteiger partial charge in [0.1, 0.15) is 19.3 Å². The Kier molecular flexibility index (Phi) is 66.8. The van der Waals surface area contributed by atoms with Crippen LogP contribution in [0.15, 0.2) is 0 Å². The summed E-state index contributed by atoms with van der Waals surface area (Å²) in [6.45, 7) is 14.2. The molecule has 0 aromatic rings. The number of carbonyl (C=O) groups excluding carboxylic acids is 4. The number of aliphatic hydroxyl groups is 1. The number of rotatable bonds is 76. The van der Waals surface area contributed by atoms with Gasteiger partial charge in [-0.2, -0.15) is 0 Å². The van der Waals surface area contributed by atoms with Gasteiger partial charge in [0.25, 0.3) is 0 Å². The maximum absolute atomic E-state index is 13.1. The molecule has 0 aromatic heterocycles. The third-order valence-electron chi connectivity index (χ3n) is 18.7. The van der Waals surface area contributed by atoms with Crippen LogP contribution in [0, 0.1) is 23.7 Å². The molecule has 4 unspecified atom stereocenters. The highest BCUT2D eigenvalue weighted by Crippen LogP contribution is 2.45. The fraction of sp³-hybridized carbons (Fsp3) is 0.949. The van der Waals surface area contributed by atoms with E-state index < -0.39 is 97.5 Å². The lowest BCUT2D eigenvalue weighted by Gasteiger charge is -2.21. The molecule has 0 aliphatic carbocycles. The Morgan fingerprint density at radius 2 is 0.490 bits per heavy atom. The molecule has 17 nitrogen and oxygen atoms in total. The first-order valence-electron chi connectivity index (χ1n) is 40.7. The number of hydrogen-bond donors (Lipinski definition) is 3. The van der Waals surface area contributed by atoms with Gasteiger partial charge in [-0.05, 0) is 49.4 Å². The number of aliphatic hydroxyl groups excluding tert-OH is 1. The fourth-order valence-electron chi connectivity index (χ4n) is 12.0. The molecule has 0 aliphatic rings. The van der Waals surface area contributed by atoms with Crippen molar-refractivity contribution in [2.45, 2.75) is 420 Å². The molecular formula is C79H154O17P2. The Labute approximate surface area is 600 Å². The van der Waals surface area contributed by atoms with E-state index in [0.29, 0.717) is 31.6 Å². The number of unbranched alkanes of at least 4 members (excludes halogenated alkanes) is 41. The van der Waals surface area contributed by atoms with Crippen LogP contribution in [0.1, 0.15) is 402 Å². The summed E-state index contributed by atoms with van der Waals surface area (Å²) in [4.78, 5) is 72.9. The zero-order chi connectivity index (χ0) is 72.4. The van der Waals surface area contributed by atoms with Crippen LogP contribution in [0.2, 0.25) is 0 Å². The molecule has 0 heterocycles. The van der Waals surface area contributed by atoms with E-state index in [2.05, 4.69) is 55.4 Å². The monoisotopic (exact) mass is 1440 g/mol. The van der Waals surface area contributed by atoms with Crippen LogP contribution in [0.4, 0.5) is 0 Å². The number of esters is 4. The smallest absolute Gasteiger partial charge is 0.462 e. The highest BCUT2D eigenvalue weighted by Gasteiger charge is 2.30. The van der Waals surface area contributed by atoms with Gasteiger partial charge in [0.2, 0.25) is 0 Å². The van der Waals surface area contributed by atoms with Crippen molar-refractivity contribution in [3.05, 3.63) is 0 Å². The lowest BCUT2D eigenvalue weighted by Crippen LogP contribution is -2.30. The van der Waals surface area contributed by atoms with Crippen LogP contribution in [0.5, 0.6) is 0 Å². The second-order valence-corrected chi connectivity index (χ2v) is 33.0. The molecule has 0 rings (SSSR count). The molecule has 0 aliphatic heterocycles. The Morgan fingerprint density at radius 1 is 0.286 bits per heavy atom. The van der Waals surface area contributed by atoms with Gasteiger partial charge in [0.15, 0.2) is 12.2 Å². The minimum atomic E-state index is -4.96. The van der Waals surface area contributed by atoms with E-state index in [1.807, 2.05) is 0 Å². The minimum Gasteiger partial charge on any atom is -0.462 e. The summed E-state index contributed by atoms with van der Waals surface area (Å²) >= 11 is 0. The summed E-state index contributed by atoms with van der Waals surface area (Å²) in [5, 5.41) is 10.6. The van der Waals surface area contributed by atoms with Gasteiger partial charge >= 0.3 is 39.5 Å². The molecule has 19 heteroatoms. The summed E-state index contributed by atoms with van der Waals surface area (Å²) in [6.07, 6.45) is 54.2. The molecule has 0 amide bonds. The summed E-state index contributed by atoms with van der Waals surface area (Å²) in [7, 11) is -9.92. The zero-order valence-corrected chi connectivity index (χ0v) is 66.2. The van der Waals surface area contributed by atoms with Gasteiger partial charge in [-0.3, -0.25) is 37.3 Å². The zero-order valence-electron chi connectivity index (χ0n) is 64.4. The summed E-state index contributed by atoms with van der Waals surface area (Å²) in [5.74, 6) is 0.969. The second-order valence-electron chi connectivity index (χ2n) is 30.1. The highest BCUT2D eigenvalue weighted by molar-refractivity contribution is 7.47. The number of ether oxygens (including phenoxy) is 4. The quantitative estimate of drug-likeness (QED) is 0.0222. The molecule has 0 spiro atoms. The Morgan fingerprint density at radius 3 is 0.724 bits per heavy atom. The van der Waals surface area contributed by atoms with E-state index in [-0.39, 0.29) is 25.7 Å². The van der Waals surface area contributed by atoms with Gasteiger partial charge in [-0.1, -0.05) is 351 Å². The number of hydrogen-bond acceptors (Lipinski definition) is 15. The van der Waals surface area contributed by atoms with Gasteiger partial charge in [0.05, 0.1) is 26.4 Å². The van der Waals surface area contributed by atoms with Gasteiger partial charge in [-0.15, -0.1) is 0 Å². The topological polar surface area (TPSA) is 237 Å². The van der Waals surface area contributed by atoms with E-state index in [4.69, 9.17) is 37.0 Å². The van der Waals surface area contributed by atoms with Crippen LogP contribution < -0.4 is 0 Å². The van der Waals surface area contributed by atoms with Crippen molar-refractivity contribution in [1.82, 2.24) is 0 Å². The number of carbonyl (C=O) groups is 4. The Balaban J connectivity index is 5.22. The van der Waals surface area contributed by atoms with Crippen LogP contribution in [0.3, 0.4) is 0 Å². The van der Waals surface area contributed by atoms with Crippen molar-refractivity contribution >= 4 is 39.5 Å². The lowest BCUT2D eigenvalue weighted by atomic mass is 9.99. The van der Waals surface area contributed by atoms with Gasteiger partial charge in [-0.25, -0.2) is 9.13 Å². The molecule has 0 aromatic carbocycles. The largest absolute Gasteiger partial charge is 0.472 e. The molecule has 0 bridgehead atoms. The number of phosphoric ester groups is 2. The molecule has 3 N–H and O–H groups in total. The molecule has 0 radical (unpaired) electrons. The van der Waals surface area contributed by atoms with Crippen molar-refractivity contribution in [3.63, 3.8) is 0 Å². The SMILES string of the molecule is CCC(C)CCCCCCCCCCCCC(=O)OC[C@H](COP(=O)(O)OCC(O)COP(=O)(O)OC[C@@H](COC(=O)CCCCCCCCCC(C)C)OC(=O)CCCCCCCCCCCCC(C)C)OC(=O)CCCCCCCCCCCCCCCCCCCCC(C)C. The molecule has 6 atom stereocenters. The summed E-state index contributed by atoms with van der Waals surface area (Å²) in [5.41, 5.74) is 0. The third kappa shape index (κ3) is 71.1. The average molecular weight is 1440 g/mol. The van der Waals surface area contributed by atoms with Gasteiger partial charge < -0.3 is 33.8 Å². The van der Waals surface area contributed by atoms with E-state index in [1.165, 1.54) is 199 Å². The standard InChI is InChI=1S/C79H154O17P2/c1-9-72(8)58-50-42-34-26-21-23-27-35-43-51-59-76(81)89-65-74(95-78(83)61-53-45-36-28-19-17-15-13-11-10-12-14-16-18-24-31-39-47-55-69(2)3)67-93-97(85,86)91-63-73(80)64-92-98(87,88)94-68-75(66-90-77(82)60-52-44-38-30-33-41-49-57-71(6)7)96-79(84)62-54-46-37-29-22-20-25-32-40-48-56-70(4)5/h69-75,80H,9-68H2,1-8H3,(H,85,86)(H,87,88)/t72?,73?,74-,75-/m1/s1. The first-order chi connectivity index (χ1) is 47.1. The Bertz CT molecular complexity index is 1920. The second kappa shape index (κ2) is 68.2. The lowest BCUT2D eigenvalue weighted by molar-refractivity contribution is -0.161. The minimum absolute atomic E-state index is 0.105. The molecule has 0 saturated heterocycles. The van der Waals surface area contributed by atoms with Crippen molar-refractivity contribution in [2.75, 3.05) is 39.6 Å². The van der Waals surface area contributed by atoms with E-state index >= 15 is 0 Å².